The van der Waals surface area contributed by atoms with Gasteiger partial charge in [-0.05, 0) is 37.3 Å². The number of alkyl halides is 1. The molecule has 0 saturated carbocycles. The highest BCUT2D eigenvalue weighted by atomic mass is 32.2. The van der Waals surface area contributed by atoms with E-state index >= 15 is 0 Å². The average molecular weight is 462 g/mol. The number of rotatable bonds is 6. The minimum absolute atomic E-state index is 0.0312. The lowest BCUT2D eigenvalue weighted by Gasteiger charge is -2.37. The molecule has 0 aliphatic carbocycles. The van der Waals surface area contributed by atoms with Gasteiger partial charge in [-0.1, -0.05) is 13.0 Å². The predicted octanol–water partition coefficient (Wildman–Crippen LogP) is 3.27. The fourth-order valence-electron chi connectivity index (χ4n) is 4.49. The van der Waals surface area contributed by atoms with Gasteiger partial charge in [0, 0.05) is 36.0 Å². The quantitative estimate of drug-likeness (QED) is 0.663. The van der Waals surface area contributed by atoms with Crippen LogP contribution in [0.4, 0.5) is 15.8 Å². The van der Waals surface area contributed by atoms with Crippen LogP contribution in [0.15, 0.2) is 42.5 Å². The van der Waals surface area contributed by atoms with Crippen molar-refractivity contribution in [1.82, 2.24) is 0 Å². The van der Waals surface area contributed by atoms with Gasteiger partial charge in [0.2, 0.25) is 6.36 Å². The maximum Gasteiger partial charge on any atom is 0.267 e. The molecule has 0 spiro atoms. The van der Waals surface area contributed by atoms with Crippen LogP contribution < -0.4 is 9.64 Å². The van der Waals surface area contributed by atoms with Crippen molar-refractivity contribution in [2.45, 2.75) is 39.2 Å². The molecule has 1 N–H and O–H groups in total. The summed E-state index contributed by atoms with van der Waals surface area (Å²) in [6.07, 6.45) is -1.47. The van der Waals surface area contributed by atoms with Gasteiger partial charge in [-0.25, -0.2) is 12.8 Å². The predicted molar refractivity (Wildman–Crippen MR) is 117 cm³/mol. The minimum atomic E-state index is -3.08. The Labute approximate surface area is 185 Å². The Bertz CT molecular complexity index is 1210. The van der Waals surface area contributed by atoms with E-state index in [-0.39, 0.29) is 35.0 Å². The Hall–Kier alpha value is -2.78. The first-order valence-corrected chi connectivity index (χ1v) is 12.0. The van der Waals surface area contributed by atoms with E-state index in [2.05, 4.69) is 0 Å². The number of benzene rings is 2. The van der Waals surface area contributed by atoms with E-state index in [0.29, 0.717) is 16.9 Å². The van der Waals surface area contributed by atoms with Gasteiger partial charge < -0.3 is 9.84 Å². The number of amides is 1. The highest BCUT2D eigenvalue weighted by Crippen LogP contribution is 2.45. The third-order valence-electron chi connectivity index (χ3n) is 5.80. The van der Waals surface area contributed by atoms with Crippen LogP contribution >= 0.6 is 0 Å². The molecule has 9 heteroatoms. The SMILES string of the molecule is CC(F)Oc1cccc(N2C(=O)[C@](C)(O)c3cc(C(=O)CC4(C)CS(=O)(=O)C4)ccc32)c1. The number of sulfone groups is 1. The summed E-state index contributed by atoms with van der Waals surface area (Å²) in [5.41, 5.74) is -1.12. The number of hydrogen-bond donors (Lipinski definition) is 1. The second-order valence-electron chi connectivity index (χ2n) is 9.05. The van der Waals surface area contributed by atoms with Gasteiger partial charge in [0.05, 0.1) is 22.9 Å². The van der Waals surface area contributed by atoms with E-state index < -0.39 is 33.1 Å². The summed E-state index contributed by atoms with van der Waals surface area (Å²) in [6, 6.07) is 10.9. The lowest BCUT2D eigenvalue weighted by molar-refractivity contribution is -0.133. The van der Waals surface area contributed by atoms with Crippen LogP contribution in [-0.4, -0.2) is 43.1 Å². The zero-order chi connectivity index (χ0) is 23.5. The Morgan fingerprint density at radius 2 is 1.91 bits per heavy atom. The largest absolute Gasteiger partial charge is 0.461 e. The molecule has 0 bridgehead atoms. The van der Waals surface area contributed by atoms with Gasteiger partial charge in [0.25, 0.3) is 5.91 Å². The number of ketones is 1. The molecule has 1 unspecified atom stereocenters. The maximum atomic E-state index is 13.2. The Morgan fingerprint density at radius 3 is 2.53 bits per heavy atom. The molecule has 7 nitrogen and oxygen atoms in total. The van der Waals surface area contributed by atoms with E-state index in [1.165, 1.54) is 30.9 Å². The molecule has 2 aliphatic rings. The topological polar surface area (TPSA) is 101 Å². The van der Waals surface area contributed by atoms with Crippen molar-refractivity contribution in [2.24, 2.45) is 5.41 Å². The number of carbonyl (C=O) groups is 2. The fraction of sp³-hybridized carbons (Fsp3) is 0.391. The molecule has 0 radical (unpaired) electrons. The van der Waals surface area contributed by atoms with E-state index in [9.17, 15) is 27.5 Å². The second-order valence-corrected chi connectivity index (χ2v) is 11.1. The van der Waals surface area contributed by atoms with Crippen molar-refractivity contribution < 1.29 is 32.2 Å². The lowest BCUT2D eigenvalue weighted by Crippen LogP contribution is -2.47. The molecular formula is C23H24FNO6S. The first kappa shape index (κ1) is 22.4. The Balaban J connectivity index is 1.66. The highest BCUT2D eigenvalue weighted by Gasteiger charge is 2.48. The summed E-state index contributed by atoms with van der Waals surface area (Å²) >= 11 is 0. The molecule has 1 fully saturated rings. The van der Waals surface area contributed by atoms with Gasteiger partial charge in [0.1, 0.15) is 5.75 Å². The number of anilines is 2. The number of aliphatic hydroxyl groups is 1. The number of ether oxygens (including phenoxy) is 1. The van der Waals surface area contributed by atoms with Crippen molar-refractivity contribution in [3.05, 3.63) is 53.6 Å². The van der Waals surface area contributed by atoms with Gasteiger partial charge >= 0.3 is 0 Å². The molecule has 1 saturated heterocycles. The molecule has 2 aromatic rings. The summed E-state index contributed by atoms with van der Waals surface area (Å²) < 4.78 is 41.4. The molecule has 2 atom stereocenters. The zero-order valence-corrected chi connectivity index (χ0v) is 18.8. The molecule has 1 amide bonds. The summed E-state index contributed by atoms with van der Waals surface area (Å²) in [5.74, 6) is -0.694. The maximum absolute atomic E-state index is 13.2. The number of hydrogen-bond acceptors (Lipinski definition) is 6. The summed E-state index contributed by atoms with van der Waals surface area (Å²) in [7, 11) is -3.08. The van der Waals surface area contributed by atoms with Crippen molar-refractivity contribution >= 4 is 32.9 Å². The summed E-state index contributed by atoms with van der Waals surface area (Å²) in [5, 5.41) is 11.0. The highest BCUT2D eigenvalue weighted by molar-refractivity contribution is 7.92. The first-order chi connectivity index (χ1) is 14.8. The third kappa shape index (κ3) is 3.91. The number of Topliss-reactive ketones (excluding diaryl/α,β-unsaturated/α-hetero) is 1. The van der Waals surface area contributed by atoms with Gasteiger partial charge in [-0.2, -0.15) is 0 Å². The number of fused-ring (bicyclic) bond motifs is 1. The zero-order valence-electron chi connectivity index (χ0n) is 18.0. The van der Waals surface area contributed by atoms with Gasteiger partial charge in [-0.3, -0.25) is 14.5 Å². The van der Waals surface area contributed by atoms with Crippen LogP contribution in [0, 0.1) is 5.41 Å². The standard InChI is InChI=1S/C23H24FNO6S/c1-14(24)31-17-6-4-5-16(10-17)25-19-8-7-15(9-18(19)23(3,28)21(25)27)20(26)11-22(2)12-32(29,30)13-22/h4-10,14,28H,11-13H2,1-3H3/t14?,23-/m1/s1. The third-order valence-corrected chi connectivity index (χ3v) is 8.08. The molecule has 4 rings (SSSR count). The molecule has 2 aromatic carbocycles. The normalized spacial score (nSPS) is 23.9. The van der Waals surface area contributed by atoms with Crippen LogP contribution in [0.1, 0.15) is 43.1 Å². The number of carbonyl (C=O) groups excluding carboxylic acids is 2. The van der Waals surface area contributed by atoms with Crippen molar-refractivity contribution in [2.75, 3.05) is 16.4 Å². The molecule has 2 aliphatic heterocycles. The number of nitrogens with zero attached hydrogens (tertiary/aromatic N) is 1. The van der Waals surface area contributed by atoms with E-state index in [1.54, 1.807) is 37.3 Å². The lowest BCUT2D eigenvalue weighted by atomic mass is 9.85. The van der Waals surface area contributed by atoms with E-state index in [1.807, 2.05) is 0 Å². The van der Waals surface area contributed by atoms with Gasteiger partial charge in [-0.15, -0.1) is 0 Å². The van der Waals surface area contributed by atoms with Crippen LogP contribution in [0.5, 0.6) is 5.75 Å². The molecule has 2 heterocycles. The molecular weight excluding hydrogens is 437 g/mol. The van der Waals surface area contributed by atoms with E-state index in [4.69, 9.17) is 4.74 Å². The van der Waals surface area contributed by atoms with Gasteiger partial charge in [0.15, 0.2) is 21.2 Å². The minimum Gasteiger partial charge on any atom is -0.461 e. The molecule has 32 heavy (non-hydrogen) atoms. The average Bonchev–Trinajstić information content (AvgIpc) is 2.85. The van der Waals surface area contributed by atoms with Crippen molar-refractivity contribution in [3.8, 4) is 5.75 Å². The Kier molecular flexibility index (Phi) is 5.17. The van der Waals surface area contributed by atoms with Crippen LogP contribution in [0.25, 0.3) is 0 Å². The molecule has 170 valence electrons. The summed E-state index contributed by atoms with van der Waals surface area (Å²) in [4.78, 5) is 27.2. The summed E-state index contributed by atoms with van der Waals surface area (Å²) in [6.45, 7) is 4.35. The van der Waals surface area contributed by atoms with Crippen molar-refractivity contribution in [3.63, 3.8) is 0 Å². The smallest absolute Gasteiger partial charge is 0.267 e. The first-order valence-electron chi connectivity index (χ1n) is 10.2. The van der Waals surface area contributed by atoms with E-state index in [0.717, 1.165) is 0 Å². The fourth-order valence-corrected chi connectivity index (χ4v) is 6.73. The van der Waals surface area contributed by atoms with Crippen molar-refractivity contribution in [1.29, 1.82) is 0 Å². The van der Waals surface area contributed by atoms with Crippen LogP contribution in [-0.2, 0) is 20.2 Å². The monoisotopic (exact) mass is 461 g/mol. The second kappa shape index (κ2) is 7.38. The van der Waals surface area contributed by atoms with Crippen LogP contribution in [0.3, 0.4) is 0 Å². The number of halogens is 1. The Morgan fingerprint density at radius 1 is 1.22 bits per heavy atom. The van der Waals surface area contributed by atoms with Crippen LogP contribution in [0.2, 0.25) is 0 Å². The molecule has 0 aromatic heterocycles.